The smallest absolute Gasteiger partial charge is 0.0302 e. The molecule has 0 aromatic carbocycles. The molecule has 52 valence electrons. The Labute approximate surface area is 72.7 Å². The summed E-state index contributed by atoms with van der Waals surface area (Å²) in [6.07, 6.45) is 4.39. The van der Waals surface area contributed by atoms with Crippen LogP contribution in [0.4, 0.5) is 0 Å². The van der Waals surface area contributed by atoms with Gasteiger partial charge in [0.25, 0.3) is 0 Å². The van der Waals surface area contributed by atoms with Crippen LogP contribution in [0.25, 0.3) is 0 Å². The molecule has 0 nitrogen and oxygen atoms in total. The first-order valence-corrected chi connectivity index (χ1v) is 5.40. The van der Waals surface area contributed by atoms with Crippen LogP contribution in [0.2, 0.25) is 0 Å². The van der Waals surface area contributed by atoms with E-state index in [1.54, 1.807) is 0 Å². The Hall–Kier alpha value is 0.960. The Bertz CT molecular complexity index is 106. The summed E-state index contributed by atoms with van der Waals surface area (Å²) in [5.41, 5.74) is 0. The van der Waals surface area contributed by atoms with Crippen molar-refractivity contribution in [1.82, 2.24) is 0 Å². The summed E-state index contributed by atoms with van der Waals surface area (Å²) in [5.74, 6) is 1.97. The third kappa shape index (κ3) is 0.900. The number of hydrogen-bond acceptors (Lipinski definition) is 0. The zero-order valence-electron chi connectivity index (χ0n) is 5.19. The van der Waals surface area contributed by atoms with Crippen LogP contribution < -0.4 is 0 Å². The summed E-state index contributed by atoms with van der Waals surface area (Å²) >= 11 is 7.43. The zero-order valence-corrected chi connectivity index (χ0v) is 8.36. The van der Waals surface area contributed by atoms with E-state index in [1.165, 1.54) is 19.3 Å². The fourth-order valence-corrected chi connectivity index (χ4v) is 3.97. The predicted molar refractivity (Wildman–Crippen MR) is 46.3 cm³/mol. The van der Waals surface area contributed by atoms with Gasteiger partial charge in [-0.25, -0.2) is 0 Å². The van der Waals surface area contributed by atoms with Crippen LogP contribution in [0.3, 0.4) is 0 Å². The summed E-state index contributed by atoms with van der Waals surface area (Å²) in [5, 5.41) is 0. The van der Waals surface area contributed by atoms with Crippen molar-refractivity contribution in [1.29, 1.82) is 0 Å². The minimum atomic E-state index is 0.774. The average molecular weight is 254 g/mol. The van der Waals surface area contributed by atoms with Gasteiger partial charge in [-0.2, -0.15) is 0 Å². The van der Waals surface area contributed by atoms with Gasteiger partial charge < -0.3 is 0 Å². The highest BCUT2D eigenvalue weighted by molar-refractivity contribution is 9.12. The van der Waals surface area contributed by atoms with Gasteiger partial charge in [0.05, 0.1) is 0 Å². The first-order chi connectivity index (χ1) is 4.29. The highest BCUT2D eigenvalue weighted by Gasteiger charge is 2.44. The molecule has 2 saturated carbocycles. The topological polar surface area (TPSA) is 0 Å². The molecule has 0 aromatic rings. The van der Waals surface area contributed by atoms with Crippen LogP contribution in [-0.2, 0) is 0 Å². The summed E-state index contributed by atoms with van der Waals surface area (Å²) in [4.78, 5) is 1.55. The van der Waals surface area contributed by atoms with Crippen molar-refractivity contribution in [2.24, 2.45) is 11.8 Å². The van der Waals surface area contributed by atoms with Crippen LogP contribution in [0.1, 0.15) is 19.3 Å². The molecular weight excluding hydrogens is 244 g/mol. The molecule has 2 fully saturated rings. The van der Waals surface area contributed by atoms with Crippen molar-refractivity contribution in [2.75, 3.05) is 0 Å². The van der Waals surface area contributed by atoms with Gasteiger partial charge in [0.1, 0.15) is 0 Å². The fourth-order valence-electron chi connectivity index (χ4n) is 2.15. The van der Waals surface area contributed by atoms with E-state index in [0.29, 0.717) is 0 Å². The molecule has 0 saturated heterocycles. The SMILES string of the molecule is Br[C@@H]1[C@H]2CC[C@@H](C2)[C@@H]1Br. The van der Waals surface area contributed by atoms with E-state index in [2.05, 4.69) is 31.9 Å². The molecule has 4 atom stereocenters. The predicted octanol–water partition coefficient (Wildman–Crippen LogP) is 2.94. The molecule has 0 heterocycles. The third-order valence-corrected chi connectivity index (χ3v) is 6.06. The van der Waals surface area contributed by atoms with Gasteiger partial charge in [-0.3, -0.25) is 0 Å². The van der Waals surface area contributed by atoms with Gasteiger partial charge in [0, 0.05) is 9.65 Å². The summed E-state index contributed by atoms with van der Waals surface area (Å²) in [6, 6.07) is 0. The lowest BCUT2D eigenvalue weighted by Gasteiger charge is -2.20. The lowest BCUT2D eigenvalue weighted by Crippen LogP contribution is -2.21. The molecule has 0 spiro atoms. The molecule has 0 aromatic heterocycles. The number of rotatable bonds is 0. The molecule has 0 radical (unpaired) electrons. The molecule has 0 aliphatic heterocycles. The molecular formula is C7H10Br2. The van der Waals surface area contributed by atoms with Gasteiger partial charge in [-0.05, 0) is 31.1 Å². The fraction of sp³-hybridized carbons (Fsp3) is 1.00. The Morgan fingerprint density at radius 2 is 1.33 bits per heavy atom. The Morgan fingerprint density at radius 1 is 0.889 bits per heavy atom. The minimum absolute atomic E-state index is 0.774. The molecule has 2 bridgehead atoms. The van der Waals surface area contributed by atoms with Crippen molar-refractivity contribution < 1.29 is 0 Å². The van der Waals surface area contributed by atoms with E-state index in [9.17, 15) is 0 Å². The Morgan fingerprint density at radius 3 is 1.56 bits per heavy atom. The standard InChI is InChI=1S/C7H10Br2/c8-6-4-1-2-5(3-4)7(6)9/h4-7H,1-3H2/t4-,5-,6-,7+/m0/s1. The van der Waals surface area contributed by atoms with Gasteiger partial charge in [0.2, 0.25) is 0 Å². The monoisotopic (exact) mass is 252 g/mol. The van der Waals surface area contributed by atoms with Crippen LogP contribution in [0.5, 0.6) is 0 Å². The van der Waals surface area contributed by atoms with Crippen LogP contribution in [0, 0.1) is 11.8 Å². The lowest BCUT2D eigenvalue weighted by molar-refractivity contribution is 0.514. The second-order valence-electron chi connectivity index (χ2n) is 3.22. The second kappa shape index (κ2) is 2.23. The van der Waals surface area contributed by atoms with E-state index in [0.717, 1.165) is 21.5 Å². The Kier molecular flexibility index (Phi) is 1.65. The number of hydrogen-bond donors (Lipinski definition) is 0. The highest BCUT2D eigenvalue weighted by Crippen LogP contribution is 2.50. The van der Waals surface area contributed by atoms with E-state index in [4.69, 9.17) is 0 Å². The van der Waals surface area contributed by atoms with E-state index in [-0.39, 0.29) is 0 Å². The summed E-state index contributed by atoms with van der Waals surface area (Å²) in [7, 11) is 0. The molecule has 2 aliphatic carbocycles. The first kappa shape index (κ1) is 6.66. The number of alkyl halides is 2. The van der Waals surface area contributed by atoms with Gasteiger partial charge in [0.15, 0.2) is 0 Å². The molecule has 9 heavy (non-hydrogen) atoms. The van der Waals surface area contributed by atoms with Crippen LogP contribution in [-0.4, -0.2) is 9.65 Å². The highest BCUT2D eigenvalue weighted by atomic mass is 79.9. The number of fused-ring (bicyclic) bond motifs is 2. The third-order valence-electron chi connectivity index (χ3n) is 2.72. The quantitative estimate of drug-likeness (QED) is 0.583. The largest absolute Gasteiger partial charge is 0.0875 e. The summed E-state index contributed by atoms with van der Waals surface area (Å²) in [6.45, 7) is 0. The average Bonchev–Trinajstić information content (AvgIpc) is 2.37. The maximum Gasteiger partial charge on any atom is 0.0302 e. The Balaban J connectivity index is 2.15. The minimum Gasteiger partial charge on any atom is -0.0875 e. The molecule has 0 unspecified atom stereocenters. The van der Waals surface area contributed by atoms with Crippen molar-refractivity contribution in [3.05, 3.63) is 0 Å². The van der Waals surface area contributed by atoms with Gasteiger partial charge >= 0.3 is 0 Å². The van der Waals surface area contributed by atoms with Gasteiger partial charge in [-0.1, -0.05) is 31.9 Å². The molecule has 0 amide bonds. The summed E-state index contributed by atoms with van der Waals surface area (Å²) < 4.78 is 0. The molecule has 2 aliphatic rings. The van der Waals surface area contributed by atoms with Crippen molar-refractivity contribution >= 4 is 31.9 Å². The normalized spacial score (nSPS) is 56.7. The molecule has 2 heteroatoms. The van der Waals surface area contributed by atoms with Crippen molar-refractivity contribution in [2.45, 2.75) is 28.9 Å². The molecule has 2 rings (SSSR count). The van der Waals surface area contributed by atoms with E-state index < -0.39 is 0 Å². The van der Waals surface area contributed by atoms with Crippen molar-refractivity contribution in [3.8, 4) is 0 Å². The second-order valence-corrected chi connectivity index (χ2v) is 5.34. The van der Waals surface area contributed by atoms with Crippen molar-refractivity contribution in [3.63, 3.8) is 0 Å². The number of halogens is 2. The lowest BCUT2D eigenvalue weighted by atomic mass is 10.0. The van der Waals surface area contributed by atoms with Gasteiger partial charge in [-0.15, -0.1) is 0 Å². The van der Waals surface area contributed by atoms with Crippen LogP contribution >= 0.6 is 31.9 Å². The first-order valence-electron chi connectivity index (χ1n) is 3.57. The molecule has 0 N–H and O–H groups in total. The van der Waals surface area contributed by atoms with Crippen LogP contribution in [0.15, 0.2) is 0 Å². The zero-order chi connectivity index (χ0) is 6.43. The van der Waals surface area contributed by atoms with E-state index in [1.807, 2.05) is 0 Å². The maximum absolute atomic E-state index is 3.71. The maximum atomic E-state index is 3.71. The van der Waals surface area contributed by atoms with E-state index >= 15 is 0 Å².